The predicted octanol–water partition coefficient (Wildman–Crippen LogP) is 5.63. The molecule has 0 amide bonds. The van der Waals surface area contributed by atoms with E-state index in [0.717, 1.165) is 34.6 Å². The van der Waals surface area contributed by atoms with Crippen LogP contribution >= 0.6 is 11.8 Å². The van der Waals surface area contributed by atoms with E-state index in [0.29, 0.717) is 6.42 Å². The maximum absolute atomic E-state index is 13.1. The quantitative estimate of drug-likeness (QED) is 0.678. The Kier molecular flexibility index (Phi) is 4.31. The van der Waals surface area contributed by atoms with E-state index in [1.165, 1.54) is 4.90 Å². The molecule has 1 aliphatic carbocycles. The summed E-state index contributed by atoms with van der Waals surface area (Å²) in [4.78, 5) is 14.3. The number of thioether (sulfide) groups is 1. The van der Waals surface area contributed by atoms with Crippen molar-refractivity contribution in [3.05, 3.63) is 65.4 Å². The lowest BCUT2D eigenvalue weighted by Gasteiger charge is -2.34. The van der Waals surface area contributed by atoms with Crippen molar-refractivity contribution < 1.29 is 4.79 Å². The third-order valence-corrected chi connectivity index (χ3v) is 5.91. The van der Waals surface area contributed by atoms with Gasteiger partial charge in [0.15, 0.2) is 5.78 Å². The lowest BCUT2D eigenvalue weighted by Crippen LogP contribution is -2.31. The van der Waals surface area contributed by atoms with Gasteiger partial charge in [-0.05, 0) is 47.9 Å². The van der Waals surface area contributed by atoms with Crippen LogP contribution in [0.25, 0.3) is 0 Å². The molecule has 0 bridgehead atoms. The van der Waals surface area contributed by atoms with Crippen LogP contribution in [-0.4, -0.2) is 12.0 Å². The van der Waals surface area contributed by atoms with Crippen molar-refractivity contribution in [2.45, 2.75) is 37.6 Å². The maximum atomic E-state index is 13.1. The summed E-state index contributed by atoms with van der Waals surface area (Å²) < 4.78 is 0. The van der Waals surface area contributed by atoms with Crippen molar-refractivity contribution >= 4 is 28.9 Å². The lowest BCUT2D eigenvalue weighted by molar-refractivity contribution is -0.118. The fourth-order valence-electron chi connectivity index (χ4n) is 3.94. The van der Waals surface area contributed by atoms with Gasteiger partial charge in [0.25, 0.3) is 0 Å². The van der Waals surface area contributed by atoms with Crippen molar-refractivity contribution in [1.29, 1.82) is 0 Å². The highest BCUT2D eigenvalue weighted by molar-refractivity contribution is 7.98. The molecule has 134 valence electrons. The highest BCUT2D eigenvalue weighted by atomic mass is 32.2. The van der Waals surface area contributed by atoms with Gasteiger partial charge in [0.1, 0.15) is 0 Å². The van der Waals surface area contributed by atoms with Gasteiger partial charge in [-0.1, -0.05) is 38.1 Å². The number of anilines is 2. The number of hydrogen-bond donors (Lipinski definition) is 2. The van der Waals surface area contributed by atoms with Crippen LogP contribution in [0.4, 0.5) is 11.4 Å². The molecule has 0 fully saturated rings. The Balaban J connectivity index is 1.85. The number of carbonyl (C=O) groups excluding carboxylic acids is 1. The van der Waals surface area contributed by atoms with Gasteiger partial charge in [-0.15, -0.1) is 11.8 Å². The second-order valence-corrected chi connectivity index (χ2v) is 8.73. The molecule has 0 unspecified atom stereocenters. The van der Waals surface area contributed by atoms with Gasteiger partial charge < -0.3 is 10.6 Å². The van der Waals surface area contributed by atoms with Crippen molar-refractivity contribution in [2.24, 2.45) is 5.41 Å². The van der Waals surface area contributed by atoms with Crippen molar-refractivity contribution in [3.8, 4) is 0 Å². The molecular formula is C22H24N2OS. The Bertz CT molecular complexity index is 883. The zero-order chi connectivity index (χ0) is 18.3. The maximum Gasteiger partial charge on any atom is 0.163 e. The largest absolute Gasteiger partial charge is 0.372 e. The Morgan fingerprint density at radius 1 is 1.00 bits per heavy atom. The average Bonchev–Trinajstić information content (AvgIpc) is 2.77. The summed E-state index contributed by atoms with van der Waals surface area (Å²) in [6, 6.07) is 16.6. The minimum absolute atomic E-state index is 0.0184. The predicted molar refractivity (Wildman–Crippen MR) is 110 cm³/mol. The van der Waals surface area contributed by atoms with Crippen LogP contribution in [-0.2, 0) is 4.79 Å². The van der Waals surface area contributed by atoms with E-state index >= 15 is 0 Å². The molecule has 2 aromatic rings. The van der Waals surface area contributed by atoms with Gasteiger partial charge in [-0.3, -0.25) is 4.79 Å². The van der Waals surface area contributed by atoms with E-state index in [2.05, 4.69) is 67.1 Å². The van der Waals surface area contributed by atoms with Gasteiger partial charge in [0.05, 0.1) is 17.4 Å². The van der Waals surface area contributed by atoms with Gasteiger partial charge in [0, 0.05) is 22.6 Å². The molecule has 0 spiro atoms. The van der Waals surface area contributed by atoms with Crippen molar-refractivity contribution in [3.63, 3.8) is 0 Å². The molecule has 1 aliphatic heterocycles. The lowest BCUT2D eigenvalue weighted by atomic mass is 9.73. The van der Waals surface area contributed by atoms with Crippen LogP contribution < -0.4 is 10.6 Å². The van der Waals surface area contributed by atoms with Gasteiger partial charge in [-0.25, -0.2) is 0 Å². The van der Waals surface area contributed by atoms with E-state index in [4.69, 9.17) is 0 Å². The first-order chi connectivity index (χ1) is 12.5. The first kappa shape index (κ1) is 17.2. The van der Waals surface area contributed by atoms with Crippen LogP contribution in [0.2, 0.25) is 0 Å². The minimum Gasteiger partial charge on any atom is -0.372 e. The molecule has 2 N–H and O–H groups in total. The third-order valence-electron chi connectivity index (χ3n) is 5.17. The molecule has 0 aromatic heterocycles. The summed E-state index contributed by atoms with van der Waals surface area (Å²) >= 11 is 1.73. The summed E-state index contributed by atoms with van der Waals surface area (Å²) in [5.74, 6) is 0.239. The summed E-state index contributed by atoms with van der Waals surface area (Å²) in [7, 11) is 0. The topological polar surface area (TPSA) is 41.1 Å². The molecule has 3 nitrogen and oxygen atoms in total. The monoisotopic (exact) mass is 364 g/mol. The van der Waals surface area contributed by atoms with E-state index in [9.17, 15) is 4.79 Å². The van der Waals surface area contributed by atoms with E-state index in [-0.39, 0.29) is 17.2 Å². The number of fused-ring (bicyclic) bond motifs is 1. The van der Waals surface area contributed by atoms with Crippen molar-refractivity contribution in [2.75, 3.05) is 16.9 Å². The van der Waals surface area contributed by atoms with Gasteiger partial charge >= 0.3 is 0 Å². The average molecular weight is 365 g/mol. The smallest absolute Gasteiger partial charge is 0.163 e. The second kappa shape index (κ2) is 6.51. The van der Waals surface area contributed by atoms with E-state index < -0.39 is 0 Å². The number of para-hydroxylation sites is 2. The van der Waals surface area contributed by atoms with E-state index in [1.54, 1.807) is 11.8 Å². The fourth-order valence-corrected chi connectivity index (χ4v) is 4.34. The first-order valence-electron chi connectivity index (χ1n) is 9.00. The van der Waals surface area contributed by atoms with Gasteiger partial charge in [-0.2, -0.15) is 0 Å². The third kappa shape index (κ3) is 3.14. The highest BCUT2D eigenvalue weighted by Crippen LogP contribution is 2.45. The number of allylic oxidation sites excluding steroid dienone is 1. The minimum atomic E-state index is -0.124. The number of Topliss-reactive ketones (excluding diaryl/α,β-unsaturated/α-hetero) is 1. The summed E-state index contributed by atoms with van der Waals surface area (Å²) in [5, 5.41) is 7.18. The first-order valence-corrected chi connectivity index (χ1v) is 10.2. The van der Waals surface area contributed by atoms with Gasteiger partial charge in [0.2, 0.25) is 0 Å². The molecule has 1 heterocycles. The fraction of sp³-hybridized carbons (Fsp3) is 0.318. The molecule has 4 heteroatoms. The second-order valence-electron chi connectivity index (χ2n) is 7.85. The summed E-state index contributed by atoms with van der Waals surface area (Å²) in [6.45, 7) is 4.34. The Morgan fingerprint density at radius 3 is 2.38 bits per heavy atom. The molecule has 0 saturated heterocycles. The van der Waals surface area contributed by atoms with Crippen LogP contribution in [0, 0.1) is 5.41 Å². The van der Waals surface area contributed by atoms with Crippen molar-refractivity contribution in [1.82, 2.24) is 0 Å². The van der Waals surface area contributed by atoms with Crippen LogP contribution in [0.1, 0.15) is 38.3 Å². The molecule has 26 heavy (non-hydrogen) atoms. The number of ketones is 1. The summed E-state index contributed by atoms with van der Waals surface area (Å²) in [6.07, 6.45) is 3.54. The Morgan fingerprint density at radius 2 is 1.69 bits per heavy atom. The number of benzene rings is 2. The standard InChI is InChI=1S/C22H24N2OS/c1-22(2)12-18-20(19(25)13-22)21(14-8-10-15(26-3)11-9-14)24-17-7-5-4-6-16(17)23-18/h4-11,21,23-24H,12-13H2,1-3H3/t21-/m0/s1. The highest BCUT2D eigenvalue weighted by Gasteiger charge is 2.38. The number of rotatable bonds is 2. The normalized spacial score (nSPS) is 21.2. The molecule has 0 radical (unpaired) electrons. The molecule has 0 saturated carbocycles. The Hall–Kier alpha value is -2.20. The Labute approximate surface area is 159 Å². The number of nitrogens with one attached hydrogen (secondary N) is 2. The molecule has 1 atom stereocenters. The van der Waals surface area contributed by atoms with Crippen LogP contribution in [0.15, 0.2) is 64.7 Å². The zero-order valence-corrected chi connectivity index (χ0v) is 16.2. The zero-order valence-electron chi connectivity index (χ0n) is 15.4. The van der Waals surface area contributed by atoms with E-state index in [1.807, 2.05) is 12.1 Å². The number of carbonyl (C=O) groups is 1. The molecule has 4 rings (SSSR count). The SMILES string of the molecule is CSc1ccc([C@@H]2Nc3ccccc3NC3=C2C(=O)CC(C)(C)C3)cc1. The molecule has 2 aliphatic rings. The molecule has 2 aromatic carbocycles. The van der Waals surface area contributed by atoms with Crippen LogP contribution in [0.3, 0.4) is 0 Å². The van der Waals surface area contributed by atoms with Crippen LogP contribution in [0.5, 0.6) is 0 Å². The molecular weight excluding hydrogens is 340 g/mol. The summed E-state index contributed by atoms with van der Waals surface area (Å²) in [5.41, 5.74) is 5.12. The number of hydrogen-bond acceptors (Lipinski definition) is 4.